The summed E-state index contributed by atoms with van der Waals surface area (Å²) in [6.45, 7) is 18.3. The molecule has 0 saturated heterocycles. The highest BCUT2D eigenvalue weighted by Gasteiger charge is 1.96. The minimum Gasteiger partial charge on any atom is -0.379 e. The summed E-state index contributed by atoms with van der Waals surface area (Å²) in [5, 5.41) is 3.20. The normalized spacial score (nSPS) is 11.5. The molecule has 0 amide bonds. The van der Waals surface area contributed by atoms with Gasteiger partial charge in [-0.1, -0.05) is 6.92 Å². The molecule has 0 aromatic heterocycles. The molecule has 0 unspecified atom stereocenters. The summed E-state index contributed by atoms with van der Waals surface area (Å²) in [6.07, 6.45) is 0. The lowest BCUT2D eigenvalue weighted by atomic mass is 10.6. The van der Waals surface area contributed by atoms with E-state index in [0.717, 1.165) is 13.1 Å². The van der Waals surface area contributed by atoms with Crippen LogP contribution < -0.4 is 5.32 Å². The van der Waals surface area contributed by atoms with Gasteiger partial charge in [0.1, 0.15) is 0 Å². The highest BCUT2D eigenvalue weighted by molar-refractivity contribution is 4.41. The molecule has 0 bridgehead atoms. The molecule has 230 valence electrons. The van der Waals surface area contributed by atoms with Gasteiger partial charge in [0.15, 0.2) is 0 Å². The zero-order chi connectivity index (χ0) is 27.5. The van der Waals surface area contributed by atoms with Crippen LogP contribution in [-0.2, 0) is 52.1 Å². The first-order chi connectivity index (χ1) is 18.9. The Bertz CT molecular complexity index is 375. The molecular formula is C26H55NO11. The van der Waals surface area contributed by atoms with Crippen molar-refractivity contribution in [2.45, 2.75) is 13.8 Å². The number of hydrogen-bond acceptors (Lipinski definition) is 12. The summed E-state index contributed by atoms with van der Waals surface area (Å²) < 4.78 is 59.5. The third-order valence-corrected chi connectivity index (χ3v) is 4.60. The van der Waals surface area contributed by atoms with Gasteiger partial charge in [0.05, 0.1) is 139 Å². The Kier molecular flexibility index (Phi) is 36.1. The van der Waals surface area contributed by atoms with Crippen LogP contribution in [0.1, 0.15) is 13.8 Å². The maximum Gasteiger partial charge on any atom is 0.0701 e. The molecule has 0 heterocycles. The predicted molar refractivity (Wildman–Crippen MR) is 143 cm³/mol. The number of nitrogens with one attached hydrogen (secondary N) is 1. The molecule has 0 saturated carbocycles. The minimum atomic E-state index is 0.524. The van der Waals surface area contributed by atoms with E-state index in [9.17, 15) is 0 Å². The molecule has 0 aliphatic heterocycles. The summed E-state index contributed by atoms with van der Waals surface area (Å²) >= 11 is 0. The largest absolute Gasteiger partial charge is 0.379 e. The molecule has 0 spiro atoms. The van der Waals surface area contributed by atoms with E-state index < -0.39 is 0 Å². The lowest BCUT2D eigenvalue weighted by molar-refractivity contribution is -0.0273. The summed E-state index contributed by atoms with van der Waals surface area (Å²) in [5.41, 5.74) is 0. The summed E-state index contributed by atoms with van der Waals surface area (Å²) in [4.78, 5) is 0. The molecule has 0 aliphatic carbocycles. The first-order valence-electron chi connectivity index (χ1n) is 14.0. The summed E-state index contributed by atoms with van der Waals surface area (Å²) in [7, 11) is 0. The first kappa shape index (κ1) is 37.5. The van der Waals surface area contributed by atoms with Crippen LogP contribution in [0.2, 0.25) is 0 Å². The molecule has 0 aromatic rings. The van der Waals surface area contributed by atoms with Gasteiger partial charge < -0.3 is 57.4 Å². The van der Waals surface area contributed by atoms with Crippen molar-refractivity contribution in [3.63, 3.8) is 0 Å². The van der Waals surface area contributed by atoms with Gasteiger partial charge in [0.2, 0.25) is 0 Å². The lowest BCUT2D eigenvalue weighted by Gasteiger charge is -2.09. The second kappa shape index (κ2) is 36.5. The van der Waals surface area contributed by atoms with Gasteiger partial charge in [-0.15, -0.1) is 0 Å². The van der Waals surface area contributed by atoms with Gasteiger partial charge in [-0.05, 0) is 13.5 Å². The topological polar surface area (TPSA) is 114 Å². The van der Waals surface area contributed by atoms with Gasteiger partial charge in [0.25, 0.3) is 0 Å². The smallest absolute Gasteiger partial charge is 0.0701 e. The molecule has 0 rings (SSSR count). The fraction of sp³-hybridized carbons (Fsp3) is 1.00. The second-order valence-corrected chi connectivity index (χ2v) is 7.67. The van der Waals surface area contributed by atoms with Crippen LogP contribution in [0, 0.1) is 0 Å². The van der Waals surface area contributed by atoms with Crippen LogP contribution in [0.3, 0.4) is 0 Å². The zero-order valence-electron chi connectivity index (χ0n) is 24.0. The maximum atomic E-state index is 5.46. The van der Waals surface area contributed by atoms with E-state index in [4.69, 9.17) is 52.1 Å². The van der Waals surface area contributed by atoms with E-state index >= 15 is 0 Å². The molecule has 12 heteroatoms. The van der Waals surface area contributed by atoms with Gasteiger partial charge >= 0.3 is 0 Å². The van der Waals surface area contributed by atoms with Crippen LogP contribution >= 0.6 is 0 Å². The number of rotatable bonds is 35. The van der Waals surface area contributed by atoms with Gasteiger partial charge in [-0.3, -0.25) is 0 Å². The zero-order valence-corrected chi connectivity index (χ0v) is 24.0. The fourth-order valence-corrected chi connectivity index (χ4v) is 2.66. The number of likely N-dealkylation sites (N-methyl/N-ethyl adjacent to an activating group) is 1. The molecule has 0 fully saturated rings. The van der Waals surface area contributed by atoms with Crippen molar-refractivity contribution in [1.29, 1.82) is 0 Å². The van der Waals surface area contributed by atoms with Crippen molar-refractivity contribution in [3.8, 4) is 0 Å². The van der Waals surface area contributed by atoms with Crippen molar-refractivity contribution in [1.82, 2.24) is 5.32 Å². The highest BCUT2D eigenvalue weighted by atomic mass is 16.6. The van der Waals surface area contributed by atoms with Gasteiger partial charge in [0, 0.05) is 13.2 Å². The van der Waals surface area contributed by atoms with Crippen LogP contribution in [0.4, 0.5) is 0 Å². The summed E-state index contributed by atoms with van der Waals surface area (Å²) in [6, 6.07) is 0. The van der Waals surface area contributed by atoms with Gasteiger partial charge in [-0.25, -0.2) is 0 Å². The quantitative estimate of drug-likeness (QED) is 0.111. The first-order valence-corrected chi connectivity index (χ1v) is 14.0. The third kappa shape index (κ3) is 35.5. The SMILES string of the molecule is CCNCCOCCOCCOCCOCCOCCOCCOCCOCCOCCOCCOCC. The molecule has 38 heavy (non-hydrogen) atoms. The monoisotopic (exact) mass is 557 g/mol. The molecule has 1 N–H and O–H groups in total. The fourth-order valence-electron chi connectivity index (χ4n) is 2.66. The highest BCUT2D eigenvalue weighted by Crippen LogP contribution is 1.87. The average Bonchev–Trinajstić information content (AvgIpc) is 2.93. The average molecular weight is 558 g/mol. The minimum absolute atomic E-state index is 0.524. The Morgan fingerprint density at radius 1 is 0.289 bits per heavy atom. The van der Waals surface area contributed by atoms with Gasteiger partial charge in [-0.2, -0.15) is 0 Å². The van der Waals surface area contributed by atoms with E-state index in [-0.39, 0.29) is 0 Å². The van der Waals surface area contributed by atoms with E-state index in [1.165, 1.54) is 0 Å². The van der Waals surface area contributed by atoms with Crippen molar-refractivity contribution in [2.75, 3.05) is 158 Å². The standard InChI is InChI=1S/C26H55NO11/c1-3-27-5-6-29-9-10-31-13-14-33-17-18-35-21-22-37-25-26-38-24-23-36-20-19-34-16-15-32-12-11-30-8-7-28-4-2/h27H,3-26H2,1-2H3. The second-order valence-electron chi connectivity index (χ2n) is 7.67. The number of ether oxygens (including phenoxy) is 11. The van der Waals surface area contributed by atoms with Crippen LogP contribution in [0.15, 0.2) is 0 Å². The molecule has 0 radical (unpaired) electrons. The Morgan fingerprint density at radius 3 is 0.711 bits per heavy atom. The Hall–Kier alpha value is -0.480. The maximum absolute atomic E-state index is 5.46. The molecule has 12 nitrogen and oxygen atoms in total. The Labute approximate surface area is 230 Å². The van der Waals surface area contributed by atoms with E-state index in [1.54, 1.807) is 0 Å². The Balaban J connectivity index is 3.01. The molecule has 0 aromatic carbocycles. The van der Waals surface area contributed by atoms with Crippen molar-refractivity contribution in [2.24, 2.45) is 0 Å². The third-order valence-electron chi connectivity index (χ3n) is 4.60. The van der Waals surface area contributed by atoms with Crippen molar-refractivity contribution >= 4 is 0 Å². The van der Waals surface area contributed by atoms with E-state index in [2.05, 4.69) is 12.2 Å². The van der Waals surface area contributed by atoms with Crippen LogP contribution in [0.25, 0.3) is 0 Å². The Morgan fingerprint density at radius 2 is 0.500 bits per heavy atom. The lowest BCUT2D eigenvalue weighted by Crippen LogP contribution is -2.20. The number of hydrogen-bond donors (Lipinski definition) is 1. The molecule has 0 atom stereocenters. The summed E-state index contributed by atoms with van der Waals surface area (Å²) in [5.74, 6) is 0. The van der Waals surface area contributed by atoms with E-state index in [1.807, 2.05) is 6.92 Å². The van der Waals surface area contributed by atoms with E-state index in [0.29, 0.717) is 145 Å². The van der Waals surface area contributed by atoms with Crippen molar-refractivity contribution in [3.05, 3.63) is 0 Å². The van der Waals surface area contributed by atoms with Crippen LogP contribution in [0.5, 0.6) is 0 Å². The van der Waals surface area contributed by atoms with Crippen molar-refractivity contribution < 1.29 is 52.1 Å². The van der Waals surface area contributed by atoms with Crippen LogP contribution in [-0.4, -0.2) is 158 Å². The molecular weight excluding hydrogens is 502 g/mol. The molecule has 0 aliphatic rings. The predicted octanol–water partition coefficient (Wildman–Crippen LogP) is 0.798.